The molecule has 1 heterocycles. The molecule has 1 aromatic carbocycles. The molecular formula is C32H47NO. The Hall–Kier alpha value is -1.57. The van der Waals surface area contributed by atoms with Crippen LogP contribution in [0.25, 0.3) is 0 Å². The maximum absolute atomic E-state index is 13.1. The first kappa shape index (κ1) is 24.1. The largest absolute Gasteiger partial charge is 0.285 e. The van der Waals surface area contributed by atoms with Gasteiger partial charge in [0.1, 0.15) is 0 Å². The van der Waals surface area contributed by atoms with E-state index < -0.39 is 0 Å². The summed E-state index contributed by atoms with van der Waals surface area (Å²) in [6.07, 6.45) is 15.2. The van der Waals surface area contributed by atoms with Gasteiger partial charge in [0, 0.05) is 23.2 Å². The Bertz CT molecular complexity index is 918. The molecule has 1 amide bonds. The molecule has 0 unspecified atom stereocenters. The summed E-state index contributed by atoms with van der Waals surface area (Å²) in [7, 11) is 0. The van der Waals surface area contributed by atoms with Crippen LogP contribution in [0, 0.1) is 46.3 Å². The molecule has 186 valence electrons. The molecule has 5 rings (SSSR count). The zero-order chi connectivity index (χ0) is 24.1. The summed E-state index contributed by atoms with van der Waals surface area (Å²) in [6, 6.07) is 10.4. The molecule has 3 aliphatic carbocycles. The number of hydrogen-bond donors (Lipinski definition) is 0. The molecule has 4 aliphatic rings. The van der Waals surface area contributed by atoms with Gasteiger partial charge in [-0.3, -0.25) is 9.69 Å². The van der Waals surface area contributed by atoms with E-state index in [2.05, 4.69) is 69.9 Å². The number of piperidine rings is 1. The third-order valence-corrected chi connectivity index (χ3v) is 11.0. The lowest BCUT2D eigenvalue weighted by molar-refractivity contribution is -0.122. The Labute approximate surface area is 208 Å². The fourth-order valence-electron chi connectivity index (χ4n) is 9.24. The van der Waals surface area contributed by atoms with E-state index in [4.69, 9.17) is 0 Å². The zero-order valence-corrected chi connectivity index (χ0v) is 22.4. The molecule has 0 aromatic heterocycles. The first-order valence-electron chi connectivity index (χ1n) is 14.3. The first-order chi connectivity index (χ1) is 16.3. The van der Waals surface area contributed by atoms with E-state index in [0.29, 0.717) is 11.8 Å². The van der Waals surface area contributed by atoms with Gasteiger partial charge >= 0.3 is 0 Å². The molecule has 1 aliphatic heterocycles. The second-order valence-electron chi connectivity index (χ2n) is 13.2. The lowest BCUT2D eigenvalue weighted by atomic mass is 9.48. The summed E-state index contributed by atoms with van der Waals surface area (Å²) >= 11 is 0. The number of fused-ring (bicyclic) bond motifs is 5. The van der Waals surface area contributed by atoms with E-state index >= 15 is 0 Å². The summed E-state index contributed by atoms with van der Waals surface area (Å²) in [5, 5.41) is 0. The summed E-state index contributed by atoms with van der Waals surface area (Å²) < 4.78 is 0. The highest BCUT2D eigenvalue weighted by Crippen LogP contribution is 2.67. The first-order valence-corrected chi connectivity index (χ1v) is 14.3. The maximum Gasteiger partial charge on any atom is 0.231 e. The number of carbonyl (C=O) groups is 1. The van der Waals surface area contributed by atoms with Gasteiger partial charge in [-0.2, -0.15) is 0 Å². The molecule has 0 radical (unpaired) electrons. The predicted octanol–water partition coefficient (Wildman–Crippen LogP) is 8.63. The molecule has 2 saturated carbocycles. The van der Waals surface area contributed by atoms with Crippen molar-refractivity contribution in [3.8, 4) is 0 Å². The number of benzene rings is 1. The molecular weight excluding hydrogens is 414 g/mol. The number of rotatable bonds is 6. The second-order valence-corrected chi connectivity index (χ2v) is 13.2. The van der Waals surface area contributed by atoms with Crippen LogP contribution in [-0.4, -0.2) is 5.91 Å². The number of para-hydroxylation sites is 1. The third-order valence-electron chi connectivity index (χ3n) is 11.0. The summed E-state index contributed by atoms with van der Waals surface area (Å²) in [5.41, 5.74) is 3.02. The van der Waals surface area contributed by atoms with E-state index in [9.17, 15) is 4.79 Å². The molecule has 0 spiro atoms. The van der Waals surface area contributed by atoms with Crippen LogP contribution in [0.1, 0.15) is 98.8 Å². The van der Waals surface area contributed by atoms with E-state index in [0.717, 1.165) is 47.6 Å². The number of nitrogens with zero attached hydrogens (tertiary/aromatic N) is 1. The fraction of sp³-hybridized carbons (Fsp3) is 0.719. The minimum Gasteiger partial charge on any atom is -0.285 e. The van der Waals surface area contributed by atoms with Crippen molar-refractivity contribution in [3.63, 3.8) is 0 Å². The summed E-state index contributed by atoms with van der Waals surface area (Å²) in [5.74, 6) is 5.25. The quantitative estimate of drug-likeness (QED) is 0.415. The average molecular weight is 462 g/mol. The van der Waals surface area contributed by atoms with E-state index in [1.807, 2.05) is 6.07 Å². The highest BCUT2D eigenvalue weighted by Gasteiger charge is 2.60. The molecule has 0 bridgehead atoms. The standard InChI is InChI=1S/C32H47NO/c1-22(2)10-9-11-23(3)26-15-16-27-25-14-17-29-32(5,28(25)18-20-31(26,27)4)21-19-30(34)33(29)24-12-7-6-8-13-24/h6-8,12-13,17,22-23,25-28H,9-11,14-16,18-21H2,1-5H3/t23-,25-,26+,27+,28-,31-,32-/m1/s1. The van der Waals surface area contributed by atoms with E-state index in [-0.39, 0.29) is 11.3 Å². The minimum atomic E-state index is 0.134. The molecule has 1 aromatic rings. The number of allylic oxidation sites excluding steroid dienone is 2. The molecule has 2 heteroatoms. The van der Waals surface area contributed by atoms with Crippen LogP contribution >= 0.6 is 0 Å². The van der Waals surface area contributed by atoms with Crippen LogP contribution in [0.15, 0.2) is 42.1 Å². The lowest BCUT2D eigenvalue weighted by Crippen LogP contribution is -2.54. The van der Waals surface area contributed by atoms with Crippen molar-refractivity contribution in [2.75, 3.05) is 4.90 Å². The van der Waals surface area contributed by atoms with Crippen molar-refractivity contribution in [1.82, 2.24) is 0 Å². The normalized spacial score (nSPS) is 38.2. The van der Waals surface area contributed by atoms with E-state index in [1.165, 1.54) is 57.1 Å². The molecule has 1 saturated heterocycles. The topological polar surface area (TPSA) is 20.3 Å². The molecule has 2 nitrogen and oxygen atoms in total. The van der Waals surface area contributed by atoms with Gasteiger partial charge in [-0.1, -0.05) is 78.2 Å². The maximum atomic E-state index is 13.1. The number of carbonyl (C=O) groups excluding carboxylic acids is 1. The van der Waals surface area contributed by atoms with Crippen LogP contribution < -0.4 is 4.90 Å². The van der Waals surface area contributed by atoms with Crippen molar-refractivity contribution in [2.45, 2.75) is 98.8 Å². The number of hydrogen-bond acceptors (Lipinski definition) is 1. The third kappa shape index (κ3) is 3.88. The summed E-state index contributed by atoms with van der Waals surface area (Å²) in [6.45, 7) is 12.5. The van der Waals surface area contributed by atoms with Gasteiger partial charge < -0.3 is 0 Å². The van der Waals surface area contributed by atoms with Gasteiger partial charge in [-0.05, 0) is 91.6 Å². The van der Waals surface area contributed by atoms with Crippen LogP contribution in [0.4, 0.5) is 5.69 Å². The van der Waals surface area contributed by atoms with Crippen LogP contribution in [0.2, 0.25) is 0 Å². The number of anilines is 1. The fourth-order valence-corrected chi connectivity index (χ4v) is 9.24. The van der Waals surface area contributed by atoms with Gasteiger partial charge in [0.05, 0.1) is 0 Å². The van der Waals surface area contributed by atoms with Crippen LogP contribution in [0.3, 0.4) is 0 Å². The van der Waals surface area contributed by atoms with Crippen molar-refractivity contribution >= 4 is 11.6 Å². The van der Waals surface area contributed by atoms with Crippen molar-refractivity contribution in [1.29, 1.82) is 0 Å². The number of amides is 1. The minimum absolute atomic E-state index is 0.134. The van der Waals surface area contributed by atoms with Crippen LogP contribution in [-0.2, 0) is 4.79 Å². The van der Waals surface area contributed by atoms with Crippen molar-refractivity contribution in [2.24, 2.45) is 46.3 Å². The monoisotopic (exact) mass is 461 g/mol. The summed E-state index contributed by atoms with van der Waals surface area (Å²) in [4.78, 5) is 15.2. The highest BCUT2D eigenvalue weighted by molar-refractivity contribution is 5.98. The van der Waals surface area contributed by atoms with Crippen molar-refractivity contribution in [3.05, 3.63) is 42.1 Å². The molecule has 7 atom stereocenters. The van der Waals surface area contributed by atoms with Gasteiger partial charge in [0.25, 0.3) is 0 Å². The predicted molar refractivity (Wildman–Crippen MR) is 142 cm³/mol. The van der Waals surface area contributed by atoms with E-state index in [1.54, 1.807) is 0 Å². The average Bonchev–Trinajstić information content (AvgIpc) is 3.17. The Balaban J connectivity index is 1.39. The van der Waals surface area contributed by atoms with Gasteiger partial charge in [0.2, 0.25) is 5.91 Å². The lowest BCUT2D eigenvalue weighted by Gasteiger charge is -2.59. The van der Waals surface area contributed by atoms with Gasteiger partial charge in [-0.15, -0.1) is 0 Å². The zero-order valence-electron chi connectivity index (χ0n) is 22.4. The Kier molecular flexibility index (Phi) is 6.49. The highest BCUT2D eigenvalue weighted by atomic mass is 16.2. The smallest absolute Gasteiger partial charge is 0.231 e. The van der Waals surface area contributed by atoms with Gasteiger partial charge in [-0.25, -0.2) is 0 Å². The molecule has 34 heavy (non-hydrogen) atoms. The van der Waals surface area contributed by atoms with Crippen molar-refractivity contribution < 1.29 is 4.79 Å². The Morgan fingerprint density at radius 3 is 2.47 bits per heavy atom. The molecule has 0 N–H and O–H groups in total. The SMILES string of the molecule is CC(C)CCC[C@@H](C)[C@@H]1CC[C@H]2[C@H]3CC=C4N(c5ccccc5)C(=O)CC[C@]4(C)[C@@H]3CC[C@@]21C. The molecule has 3 fully saturated rings. The Morgan fingerprint density at radius 2 is 1.74 bits per heavy atom. The second kappa shape index (κ2) is 9.14. The van der Waals surface area contributed by atoms with Crippen LogP contribution in [0.5, 0.6) is 0 Å². The Morgan fingerprint density at radius 1 is 0.971 bits per heavy atom. The van der Waals surface area contributed by atoms with Gasteiger partial charge in [0.15, 0.2) is 0 Å².